The Hall–Kier alpha value is -9.64. The Morgan fingerprint density at radius 3 is 1.03 bits per heavy atom. The number of aromatic nitrogens is 3. The quantitative estimate of drug-likeness (QED) is 0.156. The van der Waals surface area contributed by atoms with Crippen molar-refractivity contribution in [2.45, 2.75) is 0 Å². The van der Waals surface area contributed by atoms with E-state index in [1.54, 1.807) is 0 Å². The third-order valence-electron chi connectivity index (χ3n) is 15.0. The highest BCUT2D eigenvalue weighted by Crippen LogP contribution is 2.47. The summed E-state index contributed by atoms with van der Waals surface area (Å²) in [6, 6.07) is 97.8. The van der Waals surface area contributed by atoms with Crippen LogP contribution in [0.3, 0.4) is 0 Å². The minimum atomic E-state index is 1.07. The fraction of sp³-hybridized carbons (Fsp3) is 0. The summed E-state index contributed by atoms with van der Waals surface area (Å²) in [5.74, 6) is 0. The third kappa shape index (κ3) is 5.99. The molecule has 0 aliphatic rings. The second-order valence-corrected chi connectivity index (χ2v) is 18.8. The molecule has 0 spiro atoms. The number of anilines is 3. The highest BCUT2D eigenvalue weighted by Gasteiger charge is 2.23. The Morgan fingerprint density at radius 1 is 0.222 bits per heavy atom. The van der Waals surface area contributed by atoms with E-state index in [4.69, 9.17) is 0 Å². The van der Waals surface area contributed by atoms with Gasteiger partial charge in [-0.15, -0.1) is 0 Å². The van der Waals surface area contributed by atoms with Crippen molar-refractivity contribution in [3.63, 3.8) is 0 Å². The van der Waals surface area contributed by atoms with E-state index in [0.29, 0.717) is 0 Å². The molecule has 3 aromatic heterocycles. The van der Waals surface area contributed by atoms with Gasteiger partial charge in [0.1, 0.15) is 0 Å². The number of nitrogens with zero attached hydrogens (tertiary/aromatic N) is 4. The first kappa shape index (κ1) is 40.3. The summed E-state index contributed by atoms with van der Waals surface area (Å²) >= 11 is 0. The van der Waals surface area contributed by atoms with Crippen LogP contribution in [0.2, 0.25) is 0 Å². The van der Waals surface area contributed by atoms with Gasteiger partial charge < -0.3 is 18.6 Å². The zero-order valence-corrected chi connectivity index (χ0v) is 39.2. The van der Waals surface area contributed by atoms with E-state index in [-0.39, 0.29) is 0 Å². The lowest BCUT2D eigenvalue weighted by Gasteiger charge is -2.29. The molecule has 0 bridgehead atoms. The average molecular weight is 917 g/mol. The standard InChI is InChI=1S/C68H44N4/c1-2-18-47(19-3-1)69-59-29-13-12-28-57(59)58-44-46(36-39-68(58)69)45-34-37-48(38-35-45)70(64-40-42-66(55-22-6-4-20-53(55)64)71-60-30-14-8-24-49(60)50-25-9-15-31-61(50)71)65-41-43-67(56-23-7-5-21-54(56)65)72-62-32-16-10-26-51(62)52-27-11-17-33-63(52)72/h1-44H. The predicted molar refractivity (Wildman–Crippen MR) is 305 cm³/mol. The maximum atomic E-state index is 2.48. The van der Waals surface area contributed by atoms with Crippen LogP contribution in [0.15, 0.2) is 267 Å². The molecule has 0 amide bonds. The number of rotatable bonds is 7. The largest absolute Gasteiger partial charge is 0.309 e. The van der Waals surface area contributed by atoms with E-state index in [9.17, 15) is 0 Å². The van der Waals surface area contributed by atoms with Crippen LogP contribution in [-0.2, 0) is 0 Å². The Kier molecular flexibility index (Phi) is 8.92. The molecule has 0 radical (unpaired) electrons. The molecule has 0 unspecified atom stereocenters. The zero-order chi connectivity index (χ0) is 47.3. The van der Waals surface area contributed by atoms with Gasteiger partial charge in [-0.3, -0.25) is 0 Å². The SMILES string of the molecule is c1ccc(-n2c3ccccc3c3cc(-c4ccc(N(c5ccc(-n6c7ccccc7c7ccccc76)c6ccccc56)c5ccc(-n6c7ccccc7c7ccccc76)c6ccccc56)cc4)ccc32)cc1. The molecule has 4 nitrogen and oxygen atoms in total. The molecule has 0 fully saturated rings. The highest BCUT2D eigenvalue weighted by molar-refractivity contribution is 6.15. The third-order valence-corrected chi connectivity index (χ3v) is 15.0. The van der Waals surface area contributed by atoms with E-state index in [1.165, 1.54) is 81.8 Å². The molecular weight excluding hydrogens is 873 g/mol. The molecule has 0 aliphatic carbocycles. The van der Waals surface area contributed by atoms with Gasteiger partial charge in [-0.05, 0) is 102 Å². The molecule has 4 heteroatoms. The van der Waals surface area contributed by atoms with E-state index < -0.39 is 0 Å². The molecule has 0 N–H and O–H groups in total. The minimum Gasteiger partial charge on any atom is -0.309 e. The Bertz CT molecular complexity index is 4330. The van der Waals surface area contributed by atoms with Crippen LogP contribution in [0.5, 0.6) is 0 Å². The fourth-order valence-electron chi connectivity index (χ4n) is 11.9. The monoisotopic (exact) mass is 916 g/mol. The van der Waals surface area contributed by atoms with Gasteiger partial charge in [0.25, 0.3) is 0 Å². The molecule has 12 aromatic carbocycles. The van der Waals surface area contributed by atoms with Gasteiger partial charge in [-0.1, -0.05) is 176 Å². The maximum absolute atomic E-state index is 2.48. The maximum Gasteiger partial charge on any atom is 0.0542 e. The van der Waals surface area contributed by atoms with Gasteiger partial charge in [0, 0.05) is 65.2 Å². The summed E-state index contributed by atoms with van der Waals surface area (Å²) in [6.45, 7) is 0. The lowest BCUT2D eigenvalue weighted by atomic mass is 10.00. The zero-order valence-electron chi connectivity index (χ0n) is 39.2. The molecule has 72 heavy (non-hydrogen) atoms. The van der Waals surface area contributed by atoms with Gasteiger partial charge in [-0.25, -0.2) is 0 Å². The van der Waals surface area contributed by atoms with Crippen molar-refractivity contribution in [3.05, 3.63) is 267 Å². The Balaban J connectivity index is 0.943. The smallest absolute Gasteiger partial charge is 0.0542 e. The highest BCUT2D eigenvalue weighted by atomic mass is 15.1. The first-order valence-corrected chi connectivity index (χ1v) is 24.8. The summed E-state index contributed by atoms with van der Waals surface area (Å²) in [4.78, 5) is 2.48. The van der Waals surface area contributed by atoms with Crippen LogP contribution in [0.4, 0.5) is 17.1 Å². The molecular formula is C68H44N4. The molecule has 0 saturated carbocycles. The molecule has 3 heterocycles. The number of hydrogen-bond acceptors (Lipinski definition) is 1. The average Bonchev–Trinajstić information content (AvgIpc) is 4.09. The summed E-state index contributed by atoms with van der Waals surface area (Å²) in [7, 11) is 0. The van der Waals surface area contributed by atoms with Gasteiger partial charge in [-0.2, -0.15) is 0 Å². The van der Waals surface area contributed by atoms with Crippen molar-refractivity contribution >= 4 is 104 Å². The first-order chi connectivity index (χ1) is 35.8. The molecule has 0 atom stereocenters. The number of fused-ring (bicyclic) bond motifs is 11. The Morgan fingerprint density at radius 2 is 0.569 bits per heavy atom. The number of hydrogen-bond donors (Lipinski definition) is 0. The molecule has 15 aromatic rings. The van der Waals surface area contributed by atoms with Crippen molar-refractivity contribution in [1.29, 1.82) is 0 Å². The lowest BCUT2D eigenvalue weighted by Crippen LogP contribution is -2.12. The molecule has 336 valence electrons. The van der Waals surface area contributed by atoms with Crippen molar-refractivity contribution in [2.75, 3.05) is 4.90 Å². The lowest BCUT2D eigenvalue weighted by molar-refractivity contribution is 1.18. The van der Waals surface area contributed by atoms with Gasteiger partial charge in [0.15, 0.2) is 0 Å². The summed E-state index contributed by atoms with van der Waals surface area (Å²) in [6.07, 6.45) is 0. The van der Waals surface area contributed by atoms with Gasteiger partial charge in [0.2, 0.25) is 0 Å². The van der Waals surface area contributed by atoms with Gasteiger partial charge >= 0.3 is 0 Å². The van der Waals surface area contributed by atoms with Crippen LogP contribution in [-0.4, -0.2) is 13.7 Å². The Labute approximate surface area is 415 Å². The van der Waals surface area contributed by atoms with Crippen molar-refractivity contribution in [1.82, 2.24) is 13.7 Å². The van der Waals surface area contributed by atoms with Crippen LogP contribution in [0, 0.1) is 0 Å². The van der Waals surface area contributed by atoms with Crippen molar-refractivity contribution in [3.8, 4) is 28.2 Å². The van der Waals surface area contributed by atoms with E-state index in [1.807, 2.05) is 0 Å². The fourth-order valence-corrected chi connectivity index (χ4v) is 11.9. The number of para-hydroxylation sites is 6. The normalized spacial score (nSPS) is 11.9. The van der Waals surface area contributed by atoms with Crippen LogP contribution in [0.1, 0.15) is 0 Å². The second-order valence-electron chi connectivity index (χ2n) is 18.8. The van der Waals surface area contributed by atoms with Gasteiger partial charge in [0.05, 0.1) is 55.8 Å². The summed E-state index contributed by atoms with van der Waals surface area (Å²) in [5.41, 5.74) is 16.3. The molecule has 0 aliphatic heterocycles. The van der Waals surface area contributed by atoms with E-state index in [0.717, 1.165) is 50.5 Å². The summed E-state index contributed by atoms with van der Waals surface area (Å²) < 4.78 is 7.27. The van der Waals surface area contributed by atoms with E-state index >= 15 is 0 Å². The van der Waals surface area contributed by atoms with Crippen molar-refractivity contribution < 1.29 is 0 Å². The summed E-state index contributed by atoms with van der Waals surface area (Å²) in [5, 5.41) is 12.2. The number of benzene rings is 12. The van der Waals surface area contributed by atoms with Crippen LogP contribution >= 0.6 is 0 Å². The van der Waals surface area contributed by atoms with Crippen LogP contribution in [0.25, 0.3) is 115 Å². The topological polar surface area (TPSA) is 18.0 Å². The second kappa shape index (κ2) is 16.0. The van der Waals surface area contributed by atoms with Crippen LogP contribution < -0.4 is 4.90 Å². The minimum absolute atomic E-state index is 1.07. The molecule has 15 rings (SSSR count). The predicted octanol–water partition coefficient (Wildman–Crippen LogP) is 18.4. The van der Waals surface area contributed by atoms with E-state index in [2.05, 4.69) is 286 Å². The first-order valence-electron chi connectivity index (χ1n) is 24.8. The van der Waals surface area contributed by atoms with Crippen molar-refractivity contribution in [2.24, 2.45) is 0 Å². The molecule has 0 saturated heterocycles.